The molecule has 0 fully saturated rings. The minimum atomic E-state index is -0.956. The first-order chi connectivity index (χ1) is 12.9. The van der Waals surface area contributed by atoms with E-state index in [1.807, 2.05) is 0 Å². The number of amides is 1. The zero-order valence-corrected chi connectivity index (χ0v) is 15.8. The zero-order valence-electron chi connectivity index (χ0n) is 14.2. The minimum absolute atomic E-state index is 0.182. The summed E-state index contributed by atoms with van der Waals surface area (Å²) in [6, 6.07) is 3.19. The summed E-state index contributed by atoms with van der Waals surface area (Å²) >= 11 is 2.25. The van der Waals surface area contributed by atoms with Crippen molar-refractivity contribution in [3.05, 3.63) is 51.5 Å². The van der Waals surface area contributed by atoms with Crippen molar-refractivity contribution < 1.29 is 23.1 Å². The average Bonchev–Trinajstić information content (AvgIpc) is 3.21. The zero-order chi connectivity index (χ0) is 19.6. The Bertz CT molecular complexity index is 997. The topological polar surface area (TPSA) is 81.2 Å². The van der Waals surface area contributed by atoms with Crippen LogP contribution in [-0.4, -0.2) is 28.5 Å². The molecule has 0 atom stereocenters. The van der Waals surface area contributed by atoms with Gasteiger partial charge in [0.1, 0.15) is 17.2 Å². The fourth-order valence-electron chi connectivity index (χ4n) is 2.22. The van der Waals surface area contributed by atoms with Gasteiger partial charge in [-0.05, 0) is 26.0 Å². The third-order valence-corrected chi connectivity index (χ3v) is 5.27. The molecule has 140 valence electrons. The SMILES string of the molecule is CCOC(=O)c1ncc(-c2nc(NC(=O)c3c(F)cccc3F)sc2C)s1. The molecule has 3 aromatic rings. The van der Waals surface area contributed by atoms with E-state index in [0.29, 0.717) is 10.6 Å². The summed E-state index contributed by atoms with van der Waals surface area (Å²) in [6.45, 7) is 3.71. The maximum Gasteiger partial charge on any atom is 0.367 e. The Kier molecular flexibility index (Phi) is 5.57. The van der Waals surface area contributed by atoms with Crippen LogP contribution in [0.5, 0.6) is 0 Å². The van der Waals surface area contributed by atoms with Crippen LogP contribution in [0.25, 0.3) is 10.6 Å². The Morgan fingerprint density at radius 2 is 1.93 bits per heavy atom. The summed E-state index contributed by atoms with van der Waals surface area (Å²) in [4.78, 5) is 33.6. The van der Waals surface area contributed by atoms with Gasteiger partial charge in [0.25, 0.3) is 5.91 Å². The van der Waals surface area contributed by atoms with Crippen molar-refractivity contribution >= 4 is 39.7 Å². The van der Waals surface area contributed by atoms with Gasteiger partial charge < -0.3 is 4.74 Å². The van der Waals surface area contributed by atoms with Crippen molar-refractivity contribution in [2.45, 2.75) is 13.8 Å². The molecule has 0 bridgehead atoms. The van der Waals surface area contributed by atoms with Gasteiger partial charge in [-0.1, -0.05) is 6.07 Å². The molecule has 0 aliphatic rings. The molecule has 0 saturated carbocycles. The molecule has 2 aromatic heterocycles. The number of halogens is 2. The molecule has 0 saturated heterocycles. The summed E-state index contributed by atoms with van der Waals surface area (Å²) in [7, 11) is 0. The molecule has 1 aromatic carbocycles. The Balaban J connectivity index is 1.83. The van der Waals surface area contributed by atoms with Crippen molar-refractivity contribution in [3.8, 4) is 10.6 Å². The molecule has 27 heavy (non-hydrogen) atoms. The summed E-state index contributed by atoms with van der Waals surface area (Å²) < 4.78 is 32.4. The van der Waals surface area contributed by atoms with Crippen molar-refractivity contribution in [2.24, 2.45) is 0 Å². The predicted molar refractivity (Wildman–Crippen MR) is 98.2 cm³/mol. The lowest BCUT2D eigenvalue weighted by atomic mass is 10.2. The van der Waals surface area contributed by atoms with E-state index in [1.165, 1.54) is 12.3 Å². The monoisotopic (exact) mass is 409 g/mol. The van der Waals surface area contributed by atoms with Crippen molar-refractivity contribution in [3.63, 3.8) is 0 Å². The largest absolute Gasteiger partial charge is 0.461 e. The number of rotatable bonds is 5. The van der Waals surface area contributed by atoms with E-state index in [-0.39, 0.29) is 16.7 Å². The summed E-state index contributed by atoms with van der Waals surface area (Å²) in [5.74, 6) is -3.36. The number of esters is 1. The average molecular weight is 409 g/mol. The fourth-order valence-corrected chi connectivity index (χ4v) is 3.97. The van der Waals surface area contributed by atoms with Crippen molar-refractivity contribution in [1.82, 2.24) is 9.97 Å². The van der Waals surface area contributed by atoms with E-state index in [2.05, 4.69) is 15.3 Å². The number of nitrogens with zero attached hydrogens (tertiary/aromatic N) is 2. The van der Waals surface area contributed by atoms with Crippen molar-refractivity contribution in [2.75, 3.05) is 11.9 Å². The summed E-state index contributed by atoms with van der Waals surface area (Å²) in [6.07, 6.45) is 1.49. The number of aromatic nitrogens is 2. The normalized spacial score (nSPS) is 10.7. The number of nitrogens with one attached hydrogen (secondary N) is 1. The lowest BCUT2D eigenvalue weighted by Crippen LogP contribution is -2.15. The van der Waals surface area contributed by atoms with Crippen LogP contribution in [0.2, 0.25) is 0 Å². The Morgan fingerprint density at radius 1 is 1.22 bits per heavy atom. The molecule has 3 rings (SSSR count). The van der Waals surface area contributed by atoms with Crippen LogP contribution in [0.4, 0.5) is 13.9 Å². The van der Waals surface area contributed by atoms with Crippen LogP contribution in [0.1, 0.15) is 32.0 Å². The molecule has 0 unspecified atom stereocenters. The number of thiazole rings is 2. The van der Waals surface area contributed by atoms with Crippen LogP contribution in [-0.2, 0) is 4.74 Å². The number of carbonyl (C=O) groups excluding carboxylic acids is 2. The lowest BCUT2D eigenvalue weighted by molar-refractivity contribution is 0.0526. The molecular formula is C17H13F2N3O3S2. The number of aryl methyl sites for hydroxylation is 1. The Labute approximate surface area is 160 Å². The van der Waals surface area contributed by atoms with E-state index in [4.69, 9.17) is 4.74 Å². The molecule has 10 heteroatoms. The highest BCUT2D eigenvalue weighted by Crippen LogP contribution is 2.34. The number of anilines is 1. The number of carbonyl (C=O) groups is 2. The highest BCUT2D eigenvalue weighted by Gasteiger charge is 2.21. The minimum Gasteiger partial charge on any atom is -0.461 e. The van der Waals surface area contributed by atoms with Gasteiger partial charge in [-0.2, -0.15) is 0 Å². The van der Waals surface area contributed by atoms with E-state index in [9.17, 15) is 18.4 Å². The third-order valence-electron chi connectivity index (χ3n) is 3.40. The molecule has 0 aliphatic heterocycles. The number of hydrogen-bond acceptors (Lipinski definition) is 7. The lowest BCUT2D eigenvalue weighted by Gasteiger charge is -2.04. The van der Waals surface area contributed by atoms with Gasteiger partial charge in [0.15, 0.2) is 5.13 Å². The third kappa shape index (κ3) is 4.01. The second kappa shape index (κ2) is 7.89. The Hall–Kier alpha value is -2.72. The maximum atomic E-state index is 13.7. The molecular weight excluding hydrogens is 396 g/mol. The maximum absolute atomic E-state index is 13.7. The van der Waals surface area contributed by atoms with Crippen LogP contribution in [0, 0.1) is 18.6 Å². The van der Waals surface area contributed by atoms with Gasteiger partial charge in [0.05, 0.1) is 17.2 Å². The van der Waals surface area contributed by atoms with Crippen LogP contribution in [0.15, 0.2) is 24.4 Å². The summed E-state index contributed by atoms with van der Waals surface area (Å²) in [5, 5.41) is 2.78. The van der Waals surface area contributed by atoms with Gasteiger partial charge >= 0.3 is 5.97 Å². The number of benzene rings is 1. The van der Waals surface area contributed by atoms with E-state index >= 15 is 0 Å². The highest BCUT2D eigenvalue weighted by atomic mass is 32.1. The molecule has 2 heterocycles. The summed E-state index contributed by atoms with van der Waals surface area (Å²) in [5.41, 5.74) is -0.147. The molecule has 0 aliphatic carbocycles. The van der Waals surface area contributed by atoms with Gasteiger partial charge in [-0.25, -0.2) is 23.5 Å². The standard InChI is InChI=1S/C17H13F2N3O3S2/c1-3-25-16(24)15-20-7-11(27-15)13-8(2)26-17(21-13)22-14(23)12-9(18)5-4-6-10(12)19/h4-7H,3H2,1-2H3,(H,21,22,23). The molecule has 1 N–H and O–H groups in total. The quantitative estimate of drug-likeness (QED) is 0.636. The number of hydrogen-bond donors (Lipinski definition) is 1. The first-order valence-electron chi connectivity index (χ1n) is 7.76. The van der Waals surface area contributed by atoms with E-state index in [0.717, 1.165) is 39.7 Å². The highest BCUT2D eigenvalue weighted by molar-refractivity contribution is 7.18. The molecule has 6 nitrogen and oxygen atoms in total. The van der Waals surface area contributed by atoms with Gasteiger partial charge in [0, 0.05) is 11.1 Å². The van der Waals surface area contributed by atoms with Crippen LogP contribution < -0.4 is 5.32 Å². The van der Waals surface area contributed by atoms with Crippen molar-refractivity contribution in [1.29, 1.82) is 0 Å². The fraction of sp³-hybridized carbons (Fsp3) is 0.176. The first-order valence-corrected chi connectivity index (χ1v) is 9.40. The number of ether oxygens (including phenoxy) is 1. The van der Waals surface area contributed by atoms with Gasteiger partial charge in [0.2, 0.25) is 5.01 Å². The molecule has 0 radical (unpaired) electrons. The van der Waals surface area contributed by atoms with E-state index in [1.54, 1.807) is 13.8 Å². The molecule has 0 spiro atoms. The van der Waals surface area contributed by atoms with E-state index < -0.39 is 29.1 Å². The first kappa shape index (κ1) is 19.1. The second-order valence-corrected chi connectivity index (χ2v) is 7.46. The Morgan fingerprint density at radius 3 is 2.59 bits per heavy atom. The smallest absolute Gasteiger partial charge is 0.367 e. The molecule has 1 amide bonds. The van der Waals surface area contributed by atoms with Crippen LogP contribution >= 0.6 is 22.7 Å². The van der Waals surface area contributed by atoms with Gasteiger partial charge in [-0.3, -0.25) is 10.1 Å². The second-order valence-electron chi connectivity index (χ2n) is 5.22. The van der Waals surface area contributed by atoms with Gasteiger partial charge in [-0.15, -0.1) is 22.7 Å². The van der Waals surface area contributed by atoms with Crippen LogP contribution in [0.3, 0.4) is 0 Å². The predicted octanol–water partition coefficient (Wildman–Crippen LogP) is 4.28.